The Kier molecular flexibility index (Phi) is 6.01. The number of furan rings is 1. The van der Waals surface area contributed by atoms with Crippen LogP contribution >= 0.6 is 0 Å². The van der Waals surface area contributed by atoms with Crippen molar-refractivity contribution in [3.8, 4) is 11.5 Å². The zero-order chi connectivity index (χ0) is 22.5. The molecule has 0 radical (unpaired) electrons. The highest BCUT2D eigenvalue weighted by Gasteiger charge is 2.26. The van der Waals surface area contributed by atoms with Crippen LogP contribution in [0.4, 0.5) is 22.9 Å². The van der Waals surface area contributed by atoms with E-state index in [4.69, 9.17) is 4.42 Å². The summed E-state index contributed by atoms with van der Waals surface area (Å²) in [7, 11) is 0. The highest BCUT2D eigenvalue weighted by Crippen LogP contribution is 2.25. The number of carbonyl (C=O) groups is 1. The predicted molar refractivity (Wildman–Crippen MR) is 129 cm³/mol. The lowest BCUT2D eigenvalue weighted by molar-refractivity contribution is -0.120. The quantitative estimate of drug-likeness (QED) is 0.422. The van der Waals surface area contributed by atoms with Gasteiger partial charge in [0.2, 0.25) is 5.91 Å². The smallest absolute Gasteiger partial charge is 0.227 e. The van der Waals surface area contributed by atoms with Gasteiger partial charge in [0.05, 0.1) is 6.26 Å². The molecule has 1 amide bonds. The number of piperidine rings is 1. The maximum atomic E-state index is 12.8. The second kappa shape index (κ2) is 9.56. The summed E-state index contributed by atoms with van der Waals surface area (Å²) in [6.07, 6.45) is 3.18. The molecule has 0 bridgehead atoms. The highest BCUT2D eigenvalue weighted by atomic mass is 16.3. The fraction of sp³-hybridized carbons (Fsp3) is 0.192. The second-order valence-electron chi connectivity index (χ2n) is 8.07. The molecule has 7 heteroatoms. The molecule has 1 fully saturated rings. The number of nitrogens with zero attached hydrogens (tertiary/aromatic N) is 3. The van der Waals surface area contributed by atoms with E-state index in [2.05, 4.69) is 25.7 Å². The molecule has 0 saturated carbocycles. The average Bonchev–Trinajstić information content (AvgIpc) is 3.41. The van der Waals surface area contributed by atoms with Crippen molar-refractivity contribution in [2.45, 2.75) is 12.8 Å². The number of anilines is 4. The third-order valence-electron chi connectivity index (χ3n) is 5.83. The molecule has 2 N–H and O–H groups in total. The van der Waals surface area contributed by atoms with Gasteiger partial charge in [0.15, 0.2) is 11.6 Å². The Morgan fingerprint density at radius 2 is 1.55 bits per heavy atom. The zero-order valence-corrected chi connectivity index (χ0v) is 18.1. The Labute approximate surface area is 192 Å². The lowest BCUT2D eigenvalue weighted by Crippen LogP contribution is -2.38. The van der Waals surface area contributed by atoms with Gasteiger partial charge in [0, 0.05) is 36.1 Å². The van der Waals surface area contributed by atoms with Crippen LogP contribution < -0.4 is 15.5 Å². The molecule has 2 aromatic carbocycles. The molecule has 33 heavy (non-hydrogen) atoms. The Morgan fingerprint density at radius 1 is 0.818 bits per heavy atom. The summed E-state index contributed by atoms with van der Waals surface area (Å²) in [6.45, 7) is 1.54. The van der Waals surface area contributed by atoms with Crippen molar-refractivity contribution in [2.24, 2.45) is 5.92 Å². The summed E-state index contributed by atoms with van der Waals surface area (Å²) in [5.41, 5.74) is 3.52. The first-order valence-electron chi connectivity index (χ1n) is 11.1. The normalized spacial score (nSPS) is 14.1. The number of amides is 1. The number of benzene rings is 2. The molecule has 0 atom stereocenters. The van der Waals surface area contributed by atoms with Crippen LogP contribution in [0.1, 0.15) is 12.8 Å². The minimum absolute atomic E-state index is 0.0151. The van der Waals surface area contributed by atoms with Crippen LogP contribution in [0.3, 0.4) is 0 Å². The molecule has 166 valence electrons. The number of aromatic nitrogens is 2. The number of rotatable bonds is 6. The monoisotopic (exact) mass is 439 g/mol. The number of para-hydroxylation sites is 1. The van der Waals surface area contributed by atoms with Crippen molar-refractivity contribution in [2.75, 3.05) is 28.6 Å². The highest BCUT2D eigenvalue weighted by molar-refractivity contribution is 5.93. The summed E-state index contributed by atoms with van der Waals surface area (Å²) in [4.78, 5) is 15.0. The number of carbonyl (C=O) groups excluding carboxylic acids is 1. The summed E-state index contributed by atoms with van der Waals surface area (Å²) >= 11 is 0. The van der Waals surface area contributed by atoms with Gasteiger partial charge in [0.1, 0.15) is 5.69 Å². The first-order valence-corrected chi connectivity index (χ1v) is 11.1. The number of hydrogen-bond donors (Lipinski definition) is 2. The van der Waals surface area contributed by atoms with Crippen LogP contribution in [0.15, 0.2) is 89.5 Å². The van der Waals surface area contributed by atoms with Crippen LogP contribution in [0.2, 0.25) is 0 Å². The Balaban J connectivity index is 1.12. The maximum Gasteiger partial charge on any atom is 0.227 e. The van der Waals surface area contributed by atoms with E-state index in [0.717, 1.165) is 48.8 Å². The minimum Gasteiger partial charge on any atom is -0.463 e. The molecule has 1 saturated heterocycles. The van der Waals surface area contributed by atoms with E-state index in [-0.39, 0.29) is 11.8 Å². The van der Waals surface area contributed by atoms with Gasteiger partial charge in [-0.2, -0.15) is 0 Å². The summed E-state index contributed by atoms with van der Waals surface area (Å²) in [5, 5.41) is 15.0. The van der Waals surface area contributed by atoms with Gasteiger partial charge >= 0.3 is 0 Å². The minimum atomic E-state index is -0.0151. The molecular formula is C26H25N5O2. The average molecular weight is 440 g/mol. The van der Waals surface area contributed by atoms with E-state index in [1.54, 1.807) is 6.26 Å². The van der Waals surface area contributed by atoms with Gasteiger partial charge in [0.25, 0.3) is 0 Å². The standard InChI is InChI=1S/C26H25N5O2/c32-26(28-22-10-8-21(9-11-22)27-20-5-2-1-3-6-20)19-14-16-31(17-15-19)25-13-12-23(29-30-25)24-7-4-18-33-24/h1-13,18-19,27H,14-17H2,(H,28,32). The molecule has 5 rings (SSSR count). The Bertz CT molecular complexity index is 1170. The largest absolute Gasteiger partial charge is 0.463 e. The maximum absolute atomic E-state index is 12.8. The van der Waals surface area contributed by atoms with Crippen LogP contribution in [-0.2, 0) is 4.79 Å². The van der Waals surface area contributed by atoms with Crippen molar-refractivity contribution < 1.29 is 9.21 Å². The van der Waals surface area contributed by atoms with E-state index in [1.165, 1.54) is 0 Å². The van der Waals surface area contributed by atoms with E-state index >= 15 is 0 Å². The first kappa shape index (κ1) is 20.8. The predicted octanol–water partition coefficient (Wildman–Crippen LogP) is 5.34. The van der Waals surface area contributed by atoms with Crippen molar-refractivity contribution >= 4 is 28.8 Å². The van der Waals surface area contributed by atoms with Crippen molar-refractivity contribution in [1.82, 2.24) is 10.2 Å². The lowest BCUT2D eigenvalue weighted by Gasteiger charge is -2.31. The van der Waals surface area contributed by atoms with Gasteiger partial charge in [-0.3, -0.25) is 4.79 Å². The van der Waals surface area contributed by atoms with Crippen LogP contribution in [-0.4, -0.2) is 29.2 Å². The molecule has 2 aromatic heterocycles. The summed E-state index contributed by atoms with van der Waals surface area (Å²) < 4.78 is 5.36. The van der Waals surface area contributed by atoms with E-state index < -0.39 is 0 Å². The molecule has 0 unspecified atom stereocenters. The summed E-state index contributed by atoms with van der Waals surface area (Å²) in [6, 6.07) is 25.3. The first-order chi connectivity index (χ1) is 16.2. The molecule has 0 spiro atoms. The molecular weight excluding hydrogens is 414 g/mol. The van der Waals surface area contributed by atoms with Gasteiger partial charge < -0.3 is 20.0 Å². The Morgan fingerprint density at radius 3 is 2.21 bits per heavy atom. The van der Waals surface area contributed by atoms with Gasteiger partial charge in [-0.05, 0) is 73.5 Å². The van der Waals surface area contributed by atoms with E-state index in [1.807, 2.05) is 78.9 Å². The van der Waals surface area contributed by atoms with E-state index in [0.29, 0.717) is 11.5 Å². The third-order valence-corrected chi connectivity index (χ3v) is 5.83. The lowest BCUT2D eigenvalue weighted by atomic mass is 9.96. The fourth-order valence-electron chi connectivity index (χ4n) is 3.99. The Hall–Kier alpha value is -4.13. The molecule has 0 aliphatic carbocycles. The van der Waals surface area contributed by atoms with Crippen molar-refractivity contribution in [3.63, 3.8) is 0 Å². The van der Waals surface area contributed by atoms with Gasteiger partial charge in [-0.15, -0.1) is 10.2 Å². The summed E-state index contributed by atoms with van der Waals surface area (Å²) in [5.74, 6) is 1.58. The van der Waals surface area contributed by atoms with Crippen molar-refractivity contribution in [1.29, 1.82) is 0 Å². The fourth-order valence-corrected chi connectivity index (χ4v) is 3.99. The third kappa shape index (κ3) is 5.03. The molecule has 7 nitrogen and oxygen atoms in total. The molecule has 3 heterocycles. The number of nitrogens with one attached hydrogen (secondary N) is 2. The van der Waals surface area contributed by atoms with Crippen molar-refractivity contribution in [3.05, 3.63) is 85.1 Å². The van der Waals surface area contributed by atoms with Crippen LogP contribution in [0.5, 0.6) is 0 Å². The topological polar surface area (TPSA) is 83.3 Å². The van der Waals surface area contributed by atoms with Gasteiger partial charge in [-0.1, -0.05) is 18.2 Å². The van der Waals surface area contributed by atoms with Crippen LogP contribution in [0, 0.1) is 5.92 Å². The molecule has 1 aliphatic heterocycles. The van der Waals surface area contributed by atoms with Gasteiger partial charge in [-0.25, -0.2) is 0 Å². The van der Waals surface area contributed by atoms with Crippen LogP contribution in [0.25, 0.3) is 11.5 Å². The molecule has 4 aromatic rings. The SMILES string of the molecule is O=C(Nc1ccc(Nc2ccccc2)cc1)C1CCN(c2ccc(-c3ccco3)nn2)CC1. The van der Waals surface area contributed by atoms with E-state index in [9.17, 15) is 4.79 Å². The zero-order valence-electron chi connectivity index (χ0n) is 18.1. The number of hydrogen-bond acceptors (Lipinski definition) is 6. The molecule has 1 aliphatic rings. The second-order valence-corrected chi connectivity index (χ2v) is 8.07.